The molecule has 0 bridgehead atoms. The van der Waals surface area contributed by atoms with Crippen molar-refractivity contribution in [1.29, 1.82) is 0 Å². The maximum absolute atomic E-state index is 5.48. The number of halogens is 1. The van der Waals surface area contributed by atoms with Crippen LogP contribution in [0.2, 0.25) is 0 Å². The van der Waals surface area contributed by atoms with Crippen molar-refractivity contribution in [3.8, 4) is 5.88 Å². The molecule has 1 aliphatic heterocycles. The van der Waals surface area contributed by atoms with Crippen LogP contribution in [0.1, 0.15) is 12.5 Å². The predicted octanol–water partition coefficient (Wildman–Crippen LogP) is 2.35. The number of rotatable bonds is 0. The molecule has 0 amide bonds. The Labute approximate surface area is 85.6 Å². The molecule has 2 heterocycles. The average Bonchev–Trinajstić information content (AvgIpc) is 2.12. The number of hydrogen-bond acceptors (Lipinski definition) is 3. The van der Waals surface area contributed by atoms with Crippen molar-refractivity contribution >= 4 is 21.6 Å². The molecule has 70 valence electrons. The van der Waals surface area contributed by atoms with Gasteiger partial charge in [-0.3, -0.25) is 0 Å². The average molecular weight is 243 g/mol. The summed E-state index contributed by atoms with van der Waals surface area (Å²) in [6.07, 6.45) is 1.77. The van der Waals surface area contributed by atoms with Crippen molar-refractivity contribution in [3.05, 3.63) is 16.2 Å². The second kappa shape index (κ2) is 3.18. The molecule has 0 aliphatic carbocycles. The molecule has 1 aromatic heterocycles. The van der Waals surface area contributed by atoms with E-state index >= 15 is 0 Å². The largest absolute Gasteiger partial charge is 0.474 e. The molecule has 3 nitrogen and oxygen atoms in total. The first-order chi connectivity index (χ1) is 6.18. The Bertz CT molecular complexity index is 341. The number of nitrogens with one attached hydrogen (secondary N) is 1. The van der Waals surface area contributed by atoms with E-state index in [1.807, 2.05) is 6.92 Å². The van der Waals surface area contributed by atoms with Crippen LogP contribution in [0.15, 0.2) is 10.7 Å². The topological polar surface area (TPSA) is 34.2 Å². The molecule has 1 aliphatic rings. The number of anilines is 1. The lowest BCUT2D eigenvalue weighted by molar-refractivity contribution is 0.280. The fraction of sp³-hybridized carbons (Fsp3) is 0.444. The van der Waals surface area contributed by atoms with Crippen LogP contribution in [0.5, 0.6) is 5.88 Å². The van der Waals surface area contributed by atoms with Gasteiger partial charge in [-0.1, -0.05) is 0 Å². The minimum absolute atomic E-state index is 0.349. The zero-order chi connectivity index (χ0) is 9.42. The van der Waals surface area contributed by atoms with Gasteiger partial charge in [-0.05, 0) is 35.3 Å². The molecule has 1 N–H and O–H groups in total. The summed E-state index contributed by atoms with van der Waals surface area (Å²) >= 11 is 3.44. The zero-order valence-corrected chi connectivity index (χ0v) is 9.18. The minimum Gasteiger partial charge on any atom is -0.474 e. The van der Waals surface area contributed by atoms with Gasteiger partial charge >= 0.3 is 0 Å². The Balaban J connectivity index is 2.48. The van der Waals surface area contributed by atoms with Gasteiger partial charge < -0.3 is 10.1 Å². The van der Waals surface area contributed by atoms with E-state index in [4.69, 9.17) is 4.74 Å². The van der Waals surface area contributed by atoms with Gasteiger partial charge in [-0.2, -0.15) is 0 Å². The highest BCUT2D eigenvalue weighted by Crippen LogP contribution is 2.33. The first kappa shape index (κ1) is 8.81. The fourth-order valence-electron chi connectivity index (χ4n) is 1.33. The lowest BCUT2D eigenvalue weighted by Crippen LogP contribution is -2.29. The quantitative estimate of drug-likeness (QED) is 0.759. The molecule has 0 saturated heterocycles. The summed E-state index contributed by atoms with van der Waals surface area (Å²) in [7, 11) is 0. The minimum atomic E-state index is 0.349. The molecule has 0 spiro atoms. The van der Waals surface area contributed by atoms with Crippen molar-refractivity contribution in [2.75, 3.05) is 11.9 Å². The molecular formula is C9H11BrN2O. The highest BCUT2D eigenvalue weighted by molar-refractivity contribution is 9.10. The number of nitrogens with zero attached hydrogens (tertiary/aromatic N) is 1. The second-order valence-corrected chi connectivity index (χ2v) is 4.12. The van der Waals surface area contributed by atoms with E-state index in [0.717, 1.165) is 15.7 Å². The predicted molar refractivity (Wildman–Crippen MR) is 55.3 cm³/mol. The fourth-order valence-corrected chi connectivity index (χ4v) is 1.63. The molecule has 2 rings (SSSR count). The molecule has 1 unspecified atom stereocenters. The molecular weight excluding hydrogens is 232 g/mol. The van der Waals surface area contributed by atoms with Gasteiger partial charge in [-0.15, -0.1) is 0 Å². The van der Waals surface area contributed by atoms with Gasteiger partial charge in [0.2, 0.25) is 5.88 Å². The Hall–Kier alpha value is -0.770. The van der Waals surface area contributed by atoms with Crippen LogP contribution < -0.4 is 10.1 Å². The first-order valence-corrected chi connectivity index (χ1v) is 5.02. The van der Waals surface area contributed by atoms with Gasteiger partial charge in [0.05, 0.1) is 6.04 Å². The number of hydrogen-bond donors (Lipinski definition) is 1. The van der Waals surface area contributed by atoms with E-state index in [2.05, 4.69) is 33.2 Å². The van der Waals surface area contributed by atoms with Crippen molar-refractivity contribution in [1.82, 2.24) is 4.98 Å². The highest BCUT2D eigenvalue weighted by Gasteiger charge is 2.19. The molecule has 13 heavy (non-hydrogen) atoms. The van der Waals surface area contributed by atoms with Gasteiger partial charge in [-0.25, -0.2) is 4.98 Å². The summed E-state index contributed by atoms with van der Waals surface area (Å²) < 4.78 is 6.49. The second-order valence-electron chi connectivity index (χ2n) is 3.27. The van der Waals surface area contributed by atoms with Crippen LogP contribution >= 0.6 is 15.9 Å². The first-order valence-electron chi connectivity index (χ1n) is 4.23. The van der Waals surface area contributed by atoms with E-state index in [1.165, 1.54) is 0 Å². The lowest BCUT2D eigenvalue weighted by Gasteiger charge is -2.25. The van der Waals surface area contributed by atoms with Crippen LogP contribution in [0.25, 0.3) is 0 Å². The third kappa shape index (κ3) is 1.50. The Kier molecular flexibility index (Phi) is 2.15. The summed E-state index contributed by atoms with van der Waals surface area (Å²) in [5, 5.41) is 3.35. The summed E-state index contributed by atoms with van der Waals surface area (Å²) in [6, 6.07) is 0.349. The van der Waals surface area contributed by atoms with Crippen molar-refractivity contribution in [2.45, 2.75) is 19.9 Å². The monoisotopic (exact) mass is 242 g/mol. The van der Waals surface area contributed by atoms with Crippen LogP contribution in [0, 0.1) is 6.92 Å². The van der Waals surface area contributed by atoms with Crippen LogP contribution in [0.4, 0.5) is 5.69 Å². The van der Waals surface area contributed by atoms with E-state index in [0.29, 0.717) is 18.5 Å². The lowest BCUT2D eigenvalue weighted by atomic mass is 10.2. The Morgan fingerprint density at radius 3 is 3.23 bits per heavy atom. The molecule has 4 heteroatoms. The maximum Gasteiger partial charge on any atom is 0.237 e. The summed E-state index contributed by atoms with van der Waals surface area (Å²) in [6.45, 7) is 4.81. The highest BCUT2D eigenvalue weighted by atomic mass is 79.9. The normalized spacial score (nSPS) is 20.1. The smallest absolute Gasteiger partial charge is 0.237 e. The third-order valence-corrected chi connectivity index (χ3v) is 2.90. The van der Waals surface area contributed by atoms with Crippen molar-refractivity contribution in [2.24, 2.45) is 0 Å². The van der Waals surface area contributed by atoms with Gasteiger partial charge in [0, 0.05) is 10.7 Å². The molecule has 0 fully saturated rings. The summed E-state index contributed by atoms with van der Waals surface area (Å²) in [5.41, 5.74) is 2.16. The standard InChI is InChI=1S/C9H11BrN2O/c1-5-4-13-9-8(12-5)6(2)7(10)3-11-9/h3,5,12H,4H2,1-2H3. The van der Waals surface area contributed by atoms with Crippen molar-refractivity contribution < 1.29 is 4.74 Å². The van der Waals surface area contributed by atoms with Gasteiger partial charge in [0.1, 0.15) is 12.3 Å². The SMILES string of the molecule is Cc1c(Br)cnc2c1NC(C)CO2. The number of ether oxygens (including phenoxy) is 1. The van der Waals surface area contributed by atoms with Crippen LogP contribution in [0.3, 0.4) is 0 Å². The van der Waals surface area contributed by atoms with E-state index in [-0.39, 0.29) is 0 Å². The van der Waals surface area contributed by atoms with Gasteiger partial charge in [0.25, 0.3) is 0 Å². The molecule has 1 aromatic rings. The number of pyridine rings is 1. The van der Waals surface area contributed by atoms with Gasteiger partial charge in [0.15, 0.2) is 0 Å². The third-order valence-electron chi connectivity index (χ3n) is 2.10. The summed E-state index contributed by atoms with van der Waals surface area (Å²) in [4.78, 5) is 4.18. The Morgan fingerprint density at radius 1 is 1.69 bits per heavy atom. The molecule has 1 atom stereocenters. The van der Waals surface area contributed by atoms with E-state index < -0.39 is 0 Å². The van der Waals surface area contributed by atoms with Crippen molar-refractivity contribution in [3.63, 3.8) is 0 Å². The van der Waals surface area contributed by atoms with E-state index in [1.54, 1.807) is 6.20 Å². The molecule has 0 saturated carbocycles. The number of fused-ring (bicyclic) bond motifs is 1. The molecule has 0 aromatic carbocycles. The molecule has 0 radical (unpaired) electrons. The van der Waals surface area contributed by atoms with E-state index in [9.17, 15) is 0 Å². The van der Waals surface area contributed by atoms with Crippen LogP contribution in [-0.2, 0) is 0 Å². The Morgan fingerprint density at radius 2 is 2.46 bits per heavy atom. The number of aromatic nitrogens is 1. The van der Waals surface area contributed by atoms with Crippen LogP contribution in [-0.4, -0.2) is 17.6 Å². The maximum atomic E-state index is 5.48. The summed E-state index contributed by atoms with van der Waals surface area (Å²) in [5.74, 6) is 0.707. The zero-order valence-electron chi connectivity index (χ0n) is 7.60.